The molecule has 6 N–H and O–H groups in total. The summed E-state index contributed by atoms with van der Waals surface area (Å²) in [5.41, 5.74) is 0. The molecule has 3 nitrogen and oxygen atoms in total. The fourth-order valence-electron chi connectivity index (χ4n) is 0. The van der Waals surface area contributed by atoms with Crippen LogP contribution < -0.4 is 0 Å². The van der Waals surface area contributed by atoms with Crippen molar-refractivity contribution in [2.24, 2.45) is 0 Å². The van der Waals surface area contributed by atoms with Gasteiger partial charge in [-0.05, 0) is 0 Å². The van der Waals surface area contributed by atoms with Crippen LogP contribution in [-0.4, -0.2) is 16.4 Å². The molecule has 0 aromatic rings. The summed E-state index contributed by atoms with van der Waals surface area (Å²) < 4.78 is 0. The molecule has 0 saturated heterocycles. The standard InChI is InChI=1S/3BrH.3H2O.Ta/h3*1H;3*1H2;/q;;;;;;+3/p-3. The van der Waals surface area contributed by atoms with Crippen LogP contribution in [0.4, 0.5) is 0 Å². The molecule has 0 spiro atoms. The zero-order chi connectivity index (χ0) is 3.58. The zero-order valence-corrected chi connectivity index (χ0v) is 11.1. The summed E-state index contributed by atoms with van der Waals surface area (Å²) in [6.07, 6.45) is 0. The van der Waals surface area contributed by atoms with E-state index >= 15 is 0 Å². The average Bonchev–Trinajstić information content (AvgIpc) is 0.811. The van der Waals surface area contributed by atoms with E-state index in [-0.39, 0.29) is 16.4 Å². The van der Waals surface area contributed by atoms with Crippen LogP contribution in [-0.2, 0) is 12.0 Å². The molecule has 7 heavy (non-hydrogen) atoms. The van der Waals surface area contributed by atoms with Crippen LogP contribution >= 0.6 is 39.1 Å². The Morgan fingerprint density at radius 1 is 0.714 bits per heavy atom. The van der Waals surface area contributed by atoms with E-state index in [1.807, 2.05) is 0 Å². The first-order chi connectivity index (χ1) is 1.73. The first-order valence-electron chi connectivity index (χ1n) is 0.507. The minimum atomic E-state index is -1.16. The summed E-state index contributed by atoms with van der Waals surface area (Å²) >= 11 is 8.77. The summed E-state index contributed by atoms with van der Waals surface area (Å²) in [5, 5.41) is 0. The van der Waals surface area contributed by atoms with Crippen molar-refractivity contribution >= 4 is 39.1 Å². The van der Waals surface area contributed by atoms with Crippen molar-refractivity contribution < 1.29 is 28.5 Å². The fraction of sp³-hybridized carbons (Fsp3) is 0. The Kier molecular flexibility index (Phi) is 51.5. The molecule has 0 heterocycles. The summed E-state index contributed by atoms with van der Waals surface area (Å²) in [4.78, 5) is 0. The van der Waals surface area contributed by atoms with E-state index in [2.05, 4.69) is 39.1 Å². The van der Waals surface area contributed by atoms with E-state index in [4.69, 9.17) is 0 Å². The molecule has 0 saturated carbocycles. The quantitative estimate of drug-likeness (QED) is 0.475. The van der Waals surface area contributed by atoms with Crippen LogP contribution in [0.1, 0.15) is 0 Å². The van der Waals surface area contributed by atoms with E-state index in [1.165, 1.54) is 0 Å². The molecule has 0 aliphatic rings. The van der Waals surface area contributed by atoms with Gasteiger partial charge in [0.25, 0.3) is 0 Å². The van der Waals surface area contributed by atoms with Gasteiger partial charge in [-0.15, -0.1) is 0 Å². The number of hydrogen-bond donors (Lipinski definition) is 0. The molecule has 50 valence electrons. The Balaban J connectivity index is -0.0000000150. The third-order valence-electron chi connectivity index (χ3n) is 0. The van der Waals surface area contributed by atoms with Gasteiger partial charge in [0.2, 0.25) is 0 Å². The van der Waals surface area contributed by atoms with Gasteiger partial charge in [0.05, 0.1) is 0 Å². The van der Waals surface area contributed by atoms with Crippen LogP contribution in [0.15, 0.2) is 0 Å². The molecule has 0 radical (unpaired) electrons. The predicted octanol–water partition coefficient (Wildman–Crippen LogP) is 0.0602. The first kappa shape index (κ1) is 23.0. The van der Waals surface area contributed by atoms with E-state index in [9.17, 15) is 0 Å². The van der Waals surface area contributed by atoms with Gasteiger partial charge in [0.15, 0.2) is 0 Å². The van der Waals surface area contributed by atoms with E-state index < -0.39 is 12.0 Å². The van der Waals surface area contributed by atoms with Crippen LogP contribution in [0.25, 0.3) is 0 Å². The van der Waals surface area contributed by atoms with Gasteiger partial charge in [-0.2, -0.15) is 0 Å². The van der Waals surface area contributed by atoms with Gasteiger partial charge < -0.3 is 16.4 Å². The maximum atomic E-state index is 3.31. The summed E-state index contributed by atoms with van der Waals surface area (Å²) in [6, 6.07) is 0. The molecule has 0 amide bonds. The first-order valence-corrected chi connectivity index (χ1v) is 21.6. The molecule has 0 aromatic heterocycles. The summed E-state index contributed by atoms with van der Waals surface area (Å²) in [5.74, 6) is 0. The summed E-state index contributed by atoms with van der Waals surface area (Å²) in [6.45, 7) is 0. The third kappa shape index (κ3) is 69.7. The molecule has 0 aromatic carbocycles. The molecule has 0 rings (SSSR count). The second-order valence-electron chi connectivity index (χ2n) is 0.192. The van der Waals surface area contributed by atoms with Crippen molar-refractivity contribution in [3.63, 3.8) is 0 Å². The molecular weight excluding hydrogens is 469 g/mol. The SMILES string of the molecule is O.O.O.[Br][Ta]([Br])[Br]. The number of halogens is 3. The summed E-state index contributed by atoms with van der Waals surface area (Å²) in [7, 11) is 0. The molecule has 0 aliphatic heterocycles. The van der Waals surface area contributed by atoms with Crippen LogP contribution in [0, 0.1) is 0 Å². The Morgan fingerprint density at radius 2 is 0.714 bits per heavy atom. The Labute approximate surface area is 66.8 Å². The van der Waals surface area contributed by atoms with Crippen molar-refractivity contribution in [3.05, 3.63) is 0 Å². The van der Waals surface area contributed by atoms with Gasteiger partial charge >= 0.3 is 51.1 Å². The topological polar surface area (TPSA) is 94.5 Å². The maximum absolute atomic E-state index is 3.31. The zero-order valence-electron chi connectivity index (χ0n) is 3.08. The second kappa shape index (κ2) is 15.7. The van der Waals surface area contributed by atoms with Crippen molar-refractivity contribution in [2.45, 2.75) is 0 Å². The van der Waals surface area contributed by atoms with E-state index in [0.29, 0.717) is 0 Å². The van der Waals surface area contributed by atoms with Crippen LogP contribution in [0.3, 0.4) is 0 Å². The normalized spacial score (nSPS) is 5.14. The Hall–Kier alpha value is 2.06. The van der Waals surface area contributed by atoms with Gasteiger partial charge in [-0.1, -0.05) is 0 Å². The van der Waals surface area contributed by atoms with Gasteiger partial charge in [-0.3, -0.25) is 0 Å². The molecule has 0 atom stereocenters. The molecule has 7 heteroatoms. The molecule has 0 fully saturated rings. The van der Waals surface area contributed by atoms with Crippen molar-refractivity contribution in [1.29, 1.82) is 0 Å². The second-order valence-corrected chi connectivity index (χ2v) is 42.4. The van der Waals surface area contributed by atoms with Crippen molar-refractivity contribution in [1.82, 2.24) is 0 Å². The molecule has 0 bridgehead atoms. The van der Waals surface area contributed by atoms with E-state index in [0.717, 1.165) is 0 Å². The van der Waals surface area contributed by atoms with Crippen molar-refractivity contribution in [3.8, 4) is 0 Å². The van der Waals surface area contributed by atoms with Crippen molar-refractivity contribution in [2.75, 3.05) is 0 Å². The van der Waals surface area contributed by atoms with Gasteiger partial charge in [0.1, 0.15) is 0 Å². The number of rotatable bonds is 0. The number of hydrogen-bond acceptors (Lipinski definition) is 0. The predicted molar refractivity (Wildman–Crippen MR) is 37.6 cm³/mol. The fourth-order valence-corrected chi connectivity index (χ4v) is 0. The van der Waals surface area contributed by atoms with Crippen LogP contribution in [0.5, 0.6) is 0 Å². The molecule has 0 unspecified atom stereocenters. The molecular formula is H6Br3O3Ta. The van der Waals surface area contributed by atoms with Crippen LogP contribution in [0.2, 0.25) is 0 Å². The monoisotopic (exact) mass is 472 g/mol. The average molecular weight is 475 g/mol. The van der Waals surface area contributed by atoms with Gasteiger partial charge in [-0.25, -0.2) is 0 Å². The Bertz CT molecular complexity index is 14.9. The van der Waals surface area contributed by atoms with E-state index in [1.54, 1.807) is 0 Å². The Morgan fingerprint density at radius 3 is 0.714 bits per heavy atom. The molecule has 0 aliphatic carbocycles. The minimum absolute atomic E-state index is 0. The third-order valence-corrected chi connectivity index (χ3v) is 0. The van der Waals surface area contributed by atoms with Gasteiger partial charge in [0, 0.05) is 0 Å².